The van der Waals surface area contributed by atoms with Crippen molar-refractivity contribution >= 4 is 22.8 Å². The predicted molar refractivity (Wildman–Crippen MR) is 128 cm³/mol. The molecule has 9 nitrogen and oxygen atoms in total. The smallest absolute Gasteiger partial charge is 0.174 e. The minimum absolute atomic E-state index is 0.223. The molecule has 0 aliphatic carbocycles. The fourth-order valence-corrected chi connectivity index (χ4v) is 3.79. The van der Waals surface area contributed by atoms with E-state index in [0.29, 0.717) is 11.5 Å². The van der Waals surface area contributed by atoms with Gasteiger partial charge in [0.2, 0.25) is 0 Å². The Morgan fingerprint density at radius 2 is 2.06 bits per heavy atom. The molecule has 0 radical (unpaired) electrons. The van der Waals surface area contributed by atoms with Crippen molar-refractivity contribution in [2.75, 3.05) is 18.4 Å². The predicted octanol–water partition coefficient (Wildman–Crippen LogP) is 2.92. The molecular formula is C24H25N9. The van der Waals surface area contributed by atoms with Crippen LogP contribution in [-0.4, -0.2) is 42.0 Å². The quantitative estimate of drug-likeness (QED) is 0.429. The SMILES string of the molecule is C=C(c1cnn(C)c1)n1cc(C2=CCNCC2)nc(Nc2ccc(-n3ccnc3)cc2)c1=N. The lowest BCUT2D eigenvalue weighted by Crippen LogP contribution is -2.26. The maximum atomic E-state index is 8.85. The molecule has 33 heavy (non-hydrogen) atoms. The first kappa shape index (κ1) is 20.7. The summed E-state index contributed by atoms with van der Waals surface area (Å²) in [5.74, 6) is 0.465. The molecule has 1 aliphatic rings. The summed E-state index contributed by atoms with van der Waals surface area (Å²) in [6.45, 7) is 5.95. The summed E-state index contributed by atoms with van der Waals surface area (Å²) in [5, 5.41) is 19.8. The van der Waals surface area contributed by atoms with Crippen LogP contribution in [0.4, 0.5) is 11.5 Å². The van der Waals surface area contributed by atoms with Gasteiger partial charge in [0, 0.05) is 55.3 Å². The van der Waals surface area contributed by atoms with Gasteiger partial charge in [-0.05, 0) is 42.8 Å². The van der Waals surface area contributed by atoms with Gasteiger partial charge in [-0.1, -0.05) is 12.7 Å². The highest BCUT2D eigenvalue weighted by atomic mass is 15.2. The van der Waals surface area contributed by atoms with Crippen molar-refractivity contribution in [3.8, 4) is 5.69 Å². The highest BCUT2D eigenvalue weighted by Gasteiger charge is 2.15. The average Bonchev–Trinajstić information content (AvgIpc) is 3.53. The number of nitrogens with one attached hydrogen (secondary N) is 3. The van der Waals surface area contributed by atoms with Gasteiger partial charge in [0.15, 0.2) is 11.3 Å². The molecule has 1 aliphatic heterocycles. The van der Waals surface area contributed by atoms with Gasteiger partial charge < -0.3 is 15.2 Å². The molecule has 166 valence electrons. The summed E-state index contributed by atoms with van der Waals surface area (Å²) in [5.41, 5.74) is 5.57. The Morgan fingerprint density at radius 3 is 2.73 bits per heavy atom. The lowest BCUT2D eigenvalue weighted by Gasteiger charge is -2.18. The highest BCUT2D eigenvalue weighted by molar-refractivity contribution is 5.69. The van der Waals surface area contributed by atoms with E-state index in [1.165, 1.54) is 0 Å². The lowest BCUT2D eigenvalue weighted by atomic mass is 10.1. The van der Waals surface area contributed by atoms with Gasteiger partial charge in [0.05, 0.1) is 23.9 Å². The molecule has 3 N–H and O–H groups in total. The van der Waals surface area contributed by atoms with Gasteiger partial charge in [-0.15, -0.1) is 0 Å². The minimum atomic E-state index is 0.223. The third-order valence-corrected chi connectivity index (χ3v) is 5.60. The van der Waals surface area contributed by atoms with Gasteiger partial charge in [0.1, 0.15) is 0 Å². The number of hydrogen-bond donors (Lipinski definition) is 3. The van der Waals surface area contributed by atoms with Gasteiger partial charge in [-0.2, -0.15) is 5.10 Å². The van der Waals surface area contributed by atoms with Crippen molar-refractivity contribution in [3.63, 3.8) is 0 Å². The Labute approximate surface area is 191 Å². The molecule has 0 amide bonds. The normalized spacial score (nSPS) is 13.5. The number of anilines is 2. The molecule has 0 unspecified atom stereocenters. The minimum Gasteiger partial charge on any atom is -0.337 e. The molecule has 0 spiro atoms. The third-order valence-electron chi connectivity index (χ3n) is 5.60. The Balaban J connectivity index is 1.53. The highest BCUT2D eigenvalue weighted by Crippen LogP contribution is 2.22. The van der Waals surface area contributed by atoms with Crippen molar-refractivity contribution in [1.82, 2.24) is 34.2 Å². The third kappa shape index (κ3) is 4.26. The van der Waals surface area contributed by atoms with Gasteiger partial charge >= 0.3 is 0 Å². The molecule has 4 heterocycles. The van der Waals surface area contributed by atoms with Crippen molar-refractivity contribution in [2.45, 2.75) is 6.42 Å². The largest absolute Gasteiger partial charge is 0.337 e. The molecule has 4 aromatic rings. The van der Waals surface area contributed by atoms with Gasteiger partial charge in [-0.25, -0.2) is 9.97 Å². The first-order valence-corrected chi connectivity index (χ1v) is 10.7. The Hall–Kier alpha value is -4.24. The molecule has 5 rings (SSSR count). The molecule has 0 saturated carbocycles. The fraction of sp³-hybridized carbons (Fsp3) is 0.167. The fourth-order valence-electron chi connectivity index (χ4n) is 3.79. The first-order chi connectivity index (χ1) is 16.1. The van der Waals surface area contributed by atoms with Crippen LogP contribution in [0, 0.1) is 5.41 Å². The van der Waals surface area contributed by atoms with E-state index < -0.39 is 0 Å². The molecule has 0 bridgehead atoms. The average molecular weight is 440 g/mol. The van der Waals surface area contributed by atoms with Crippen LogP contribution in [0.3, 0.4) is 0 Å². The maximum Gasteiger partial charge on any atom is 0.174 e. The van der Waals surface area contributed by atoms with E-state index in [-0.39, 0.29) is 5.49 Å². The van der Waals surface area contributed by atoms with Crippen LogP contribution in [0.1, 0.15) is 17.7 Å². The summed E-state index contributed by atoms with van der Waals surface area (Å²) in [6.07, 6.45) is 14.0. The van der Waals surface area contributed by atoms with Crippen LogP contribution in [0.25, 0.3) is 17.0 Å². The van der Waals surface area contributed by atoms with Crippen molar-refractivity contribution in [1.29, 1.82) is 5.41 Å². The number of imidazole rings is 1. The number of rotatable bonds is 6. The zero-order valence-corrected chi connectivity index (χ0v) is 18.4. The van der Waals surface area contributed by atoms with Crippen LogP contribution in [0.5, 0.6) is 0 Å². The topological polar surface area (TPSA) is 101 Å². The molecule has 0 fully saturated rings. The second-order valence-electron chi connectivity index (χ2n) is 7.87. The van der Waals surface area contributed by atoms with Crippen LogP contribution in [-0.2, 0) is 7.05 Å². The zero-order valence-electron chi connectivity index (χ0n) is 18.4. The van der Waals surface area contributed by atoms with Crippen LogP contribution in [0.15, 0.2) is 74.2 Å². The Kier molecular flexibility index (Phi) is 5.45. The van der Waals surface area contributed by atoms with Gasteiger partial charge in [0.25, 0.3) is 0 Å². The Bertz CT molecular complexity index is 1370. The van der Waals surface area contributed by atoms with Gasteiger partial charge in [-0.3, -0.25) is 14.7 Å². The van der Waals surface area contributed by atoms with Crippen molar-refractivity contribution in [2.24, 2.45) is 7.05 Å². The summed E-state index contributed by atoms with van der Waals surface area (Å²) in [6, 6.07) is 7.92. The van der Waals surface area contributed by atoms with Crippen LogP contribution >= 0.6 is 0 Å². The van der Waals surface area contributed by atoms with E-state index in [2.05, 4.69) is 33.4 Å². The Morgan fingerprint density at radius 1 is 1.21 bits per heavy atom. The monoisotopic (exact) mass is 439 g/mol. The van der Waals surface area contributed by atoms with E-state index in [4.69, 9.17) is 10.4 Å². The van der Waals surface area contributed by atoms with E-state index in [1.807, 2.05) is 54.5 Å². The zero-order chi connectivity index (χ0) is 22.8. The van der Waals surface area contributed by atoms with E-state index >= 15 is 0 Å². The number of hydrogen-bond acceptors (Lipinski definition) is 6. The molecule has 0 atom stereocenters. The summed E-state index contributed by atoms with van der Waals surface area (Å²) < 4.78 is 5.43. The maximum absolute atomic E-state index is 8.85. The standard InChI is InChI=1S/C24H25N9/c1-17(19-13-28-31(2)14-19)33-15-22(18-7-9-26-10-8-18)30-24(23(33)25)29-20-3-5-21(6-4-20)32-12-11-27-16-32/h3-7,11-16,25-26H,1,8-10H2,2H3,(H,29,30). The number of nitrogens with zero attached hydrogens (tertiary/aromatic N) is 6. The second kappa shape index (κ2) is 8.71. The molecule has 0 saturated heterocycles. The first-order valence-electron chi connectivity index (χ1n) is 10.7. The summed E-state index contributed by atoms with van der Waals surface area (Å²) in [4.78, 5) is 8.91. The second-order valence-corrected chi connectivity index (χ2v) is 7.87. The number of aromatic nitrogens is 6. The van der Waals surface area contributed by atoms with E-state index in [9.17, 15) is 0 Å². The van der Waals surface area contributed by atoms with Crippen LogP contribution < -0.4 is 16.1 Å². The molecule has 1 aromatic carbocycles. The number of aryl methyl sites for hydroxylation is 1. The molecule has 3 aromatic heterocycles. The van der Waals surface area contributed by atoms with Crippen molar-refractivity contribution < 1.29 is 0 Å². The van der Waals surface area contributed by atoms with Crippen LogP contribution in [0.2, 0.25) is 0 Å². The van der Waals surface area contributed by atoms with E-state index in [0.717, 1.165) is 47.7 Å². The summed E-state index contributed by atoms with van der Waals surface area (Å²) >= 11 is 0. The molecule has 9 heteroatoms. The van der Waals surface area contributed by atoms with E-state index in [1.54, 1.807) is 28.0 Å². The number of benzene rings is 1. The molecular weight excluding hydrogens is 414 g/mol. The van der Waals surface area contributed by atoms with Crippen molar-refractivity contribution in [3.05, 3.63) is 91.0 Å². The summed E-state index contributed by atoms with van der Waals surface area (Å²) in [7, 11) is 1.86. The lowest BCUT2D eigenvalue weighted by molar-refractivity contribution is 0.735.